The van der Waals surface area contributed by atoms with Crippen LogP contribution in [-0.4, -0.2) is 32.3 Å². The van der Waals surface area contributed by atoms with Gasteiger partial charge in [0.15, 0.2) is 11.5 Å². The summed E-state index contributed by atoms with van der Waals surface area (Å²) < 4.78 is 27.6. The summed E-state index contributed by atoms with van der Waals surface area (Å²) in [5, 5.41) is 3.11. The van der Waals surface area contributed by atoms with Gasteiger partial charge >= 0.3 is 0 Å². The molecule has 3 aromatic rings. The van der Waals surface area contributed by atoms with Crippen LogP contribution in [0.1, 0.15) is 67.2 Å². The van der Waals surface area contributed by atoms with Crippen molar-refractivity contribution in [3.63, 3.8) is 0 Å². The molecule has 1 aliphatic carbocycles. The number of nitrogen functional groups attached to an aromatic ring is 1. The highest BCUT2D eigenvalue weighted by molar-refractivity contribution is 6.09. The van der Waals surface area contributed by atoms with Crippen LogP contribution in [0.15, 0.2) is 59.7 Å². The highest BCUT2D eigenvalue weighted by Gasteiger charge is 2.44. The summed E-state index contributed by atoms with van der Waals surface area (Å²) in [6.07, 6.45) is 5.77. The maximum absolute atomic E-state index is 13.0. The van der Waals surface area contributed by atoms with Gasteiger partial charge in [0.1, 0.15) is 0 Å². The SMILES string of the molecule is CCC(CC)n1cc(-c2cnc(N)c(C(=O)C=C(N)c3ccc(CNC4CC(F)(F)C4)cc3)n2)ccc1=O. The lowest BCUT2D eigenvalue weighted by molar-refractivity contribution is -0.0930. The number of rotatable bonds is 10. The molecule has 1 saturated carbocycles. The quantitative estimate of drug-likeness (QED) is 0.267. The highest BCUT2D eigenvalue weighted by Crippen LogP contribution is 2.37. The average molecular weight is 523 g/mol. The fraction of sp³-hybridized carbons (Fsp3) is 0.357. The Morgan fingerprint density at radius 3 is 2.50 bits per heavy atom. The molecule has 10 heteroatoms. The molecule has 0 radical (unpaired) electrons. The number of nitrogens with two attached hydrogens (primary N) is 2. The number of nitrogens with zero attached hydrogens (tertiary/aromatic N) is 3. The van der Waals surface area contributed by atoms with Crippen molar-refractivity contribution in [3.8, 4) is 11.3 Å². The normalized spacial score (nSPS) is 15.4. The number of carbonyl (C=O) groups is 1. The number of benzene rings is 1. The van der Waals surface area contributed by atoms with E-state index in [1.165, 1.54) is 18.3 Å². The van der Waals surface area contributed by atoms with Crippen molar-refractivity contribution < 1.29 is 13.6 Å². The zero-order valence-corrected chi connectivity index (χ0v) is 21.5. The second-order valence-electron chi connectivity index (χ2n) is 9.63. The van der Waals surface area contributed by atoms with Gasteiger partial charge in [-0.25, -0.2) is 18.7 Å². The Balaban J connectivity index is 1.49. The predicted molar refractivity (Wildman–Crippen MR) is 144 cm³/mol. The molecule has 0 atom stereocenters. The topological polar surface area (TPSA) is 129 Å². The average Bonchev–Trinajstić information content (AvgIpc) is 2.88. The van der Waals surface area contributed by atoms with Crippen LogP contribution < -0.4 is 22.3 Å². The fourth-order valence-electron chi connectivity index (χ4n) is 4.52. The van der Waals surface area contributed by atoms with E-state index in [1.54, 1.807) is 29.0 Å². The number of allylic oxidation sites excluding steroid dienone is 1. The van der Waals surface area contributed by atoms with Crippen LogP contribution in [0.4, 0.5) is 14.6 Å². The van der Waals surface area contributed by atoms with Crippen molar-refractivity contribution in [1.29, 1.82) is 0 Å². The summed E-state index contributed by atoms with van der Waals surface area (Å²) in [6, 6.07) is 10.2. The van der Waals surface area contributed by atoms with Gasteiger partial charge < -0.3 is 21.4 Å². The molecule has 1 fully saturated rings. The molecule has 2 heterocycles. The van der Waals surface area contributed by atoms with Crippen molar-refractivity contribution in [1.82, 2.24) is 19.9 Å². The van der Waals surface area contributed by atoms with E-state index in [0.717, 1.165) is 18.4 Å². The van der Waals surface area contributed by atoms with E-state index in [0.29, 0.717) is 23.4 Å². The Bertz CT molecular complexity index is 1390. The van der Waals surface area contributed by atoms with E-state index in [2.05, 4.69) is 15.3 Å². The van der Waals surface area contributed by atoms with Crippen molar-refractivity contribution in [3.05, 3.63) is 82.0 Å². The monoisotopic (exact) mass is 522 g/mol. The van der Waals surface area contributed by atoms with Crippen LogP contribution in [-0.2, 0) is 6.54 Å². The minimum atomic E-state index is -2.56. The number of carbonyl (C=O) groups excluding carboxylic acids is 1. The van der Waals surface area contributed by atoms with Crippen LogP contribution in [0, 0.1) is 0 Å². The molecular formula is C28H32F2N6O2. The van der Waals surface area contributed by atoms with E-state index < -0.39 is 11.7 Å². The summed E-state index contributed by atoms with van der Waals surface area (Å²) in [4.78, 5) is 34.0. The summed E-state index contributed by atoms with van der Waals surface area (Å²) in [6.45, 7) is 4.51. The van der Waals surface area contributed by atoms with Gasteiger partial charge in [-0.05, 0) is 30.0 Å². The van der Waals surface area contributed by atoms with Crippen LogP contribution in [0.25, 0.3) is 17.0 Å². The minimum absolute atomic E-state index is 0.0286. The van der Waals surface area contributed by atoms with Crippen LogP contribution in [0.2, 0.25) is 0 Å². The molecule has 2 aromatic heterocycles. The summed E-state index contributed by atoms with van der Waals surface area (Å²) in [7, 11) is 0. The number of aromatic nitrogens is 3. The number of hydrogen-bond acceptors (Lipinski definition) is 7. The molecule has 0 saturated heterocycles. The minimum Gasteiger partial charge on any atom is -0.398 e. The van der Waals surface area contributed by atoms with Crippen molar-refractivity contribution in [2.75, 3.05) is 5.73 Å². The third-order valence-corrected chi connectivity index (χ3v) is 6.86. The van der Waals surface area contributed by atoms with Gasteiger partial charge in [-0.2, -0.15) is 0 Å². The lowest BCUT2D eigenvalue weighted by Gasteiger charge is -2.35. The molecular weight excluding hydrogens is 490 g/mol. The van der Waals surface area contributed by atoms with Crippen molar-refractivity contribution in [2.24, 2.45) is 5.73 Å². The fourth-order valence-corrected chi connectivity index (χ4v) is 4.52. The molecule has 0 amide bonds. The third kappa shape index (κ3) is 6.13. The Morgan fingerprint density at radius 1 is 1.18 bits per heavy atom. The molecule has 4 rings (SSSR count). The number of anilines is 1. The Labute approximate surface area is 219 Å². The van der Waals surface area contributed by atoms with Crippen molar-refractivity contribution >= 4 is 17.3 Å². The number of ketones is 1. The van der Waals surface area contributed by atoms with E-state index in [1.807, 2.05) is 26.0 Å². The Kier molecular flexibility index (Phi) is 8.01. The zero-order valence-electron chi connectivity index (χ0n) is 21.5. The van der Waals surface area contributed by atoms with E-state index in [9.17, 15) is 18.4 Å². The maximum Gasteiger partial charge on any atom is 0.251 e. The molecule has 38 heavy (non-hydrogen) atoms. The molecule has 1 aromatic carbocycles. The predicted octanol–water partition coefficient (Wildman–Crippen LogP) is 4.32. The first kappa shape index (κ1) is 27.1. The summed E-state index contributed by atoms with van der Waals surface area (Å²) >= 11 is 0. The number of nitrogens with one attached hydrogen (secondary N) is 1. The summed E-state index contributed by atoms with van der Waals surface area (Å²) in [5.41, 5.74) is 14.8. The zero-order chi connectivity index (χ0) is 27.4. The van der Waals surface area contributed by atoms with Crippen LogP contribution in [0.3, 0.4) is 0 Å². The lowest BCUT2D eigenvalue weighted by Crippen LogP contribution is -2.48. The molecule has 5 N–H and O–H groups in total. The molecule has 0 bridgehead atoms. The van der Waals surface area contributed by atoms with E-state index in [4.69, 9.17) is 11.5 Å². The molecule has 1 aliphatic rings. The summed E-state index contributed by atoms with van der Waals surface area (Å²) in [5.74, 6) is -3.09. The number of alkyl halides is 2. The lowest BCUT2D eigenvalue weighted by atomic mass is 9.88. The second-order valence-corrected chi connectivity index (χ2v) is 9.63. The van der Waals surface area contributed by atoms with E-state index in [-0.39, 0.29) is 47.7 Å². The standard InChI is InChI=1S/C28H32F2N6O2/c1-3-21(4-2)36-16-19(9-10-25(36)38)23-15-34-27(32)26(35-23)24(37)11-22(31)18-7-5-17(6-8-18)14-33-20-12-28(29,30)13-20/h5-11,15-16,20-21,33H,3-4,12-14,31H2,1-2H3,(H2,32,34). The smallest absolute Gasteiger partial charge is 0.251 e. The maximum atomic E-state index is 13.0. The third-order valence-electron chi connectivity index (χ3n) is 6.86. The highest BCUT2D eigenvalue weighted by atomic mass is 19.3. The molecule has 8 nitrogen and oxygen atoms in total. The number of halogens is 2. The van der Waals surface area contributed by atoms with Crippen LogP contribution >= 0.6 is 0 Å². The van der Waals surface area contributed by atoms with Gasteiger partial charge in [-0.3, -0.25) is 9.59 Å². The molecule has 0 aliphatic heterocycles. The van der Waals surface area contributed by atoms with Gasteiger partial charge in [0.2, 0.25) is 5.78 Å². The van der Waals surface area contributed by atoms with Crippen molar-refractivity contribution in [2.45, 2.75) is 64.1 Å². The van der Waals surface area contributed by atoms with Gasteiger partial charge in [-0.1, -0.05) is 38.1 Å². The first-order valence-corrected chi connectivity index (χ1v) is 12.7. The van der Waals surface area contributed by atoms with E-state index >= 15 is 0 Å². The second kappa shape index (κ2) is 11.2. The number of pyridine rings is 1. The Morgan fingerprint density at radius 2 is 1.87 bits per heavy atom. The number of hydrogen-bond donors (Lipinski definition) is 3. The molecule has 200 valence electrons. The van der Waals surface area contributed by atoms with Crippen LogP contribution in [0.5, 0.6) is 0 Å². The largest absolute Gasteiger partial charge is 0.398 e. The van der Waals surface area contributed by atoms with Gasteiger partial charge in [-0.15, -0.1) is 0 Å². The Hall–Kier alpha value is -3.92. The molecule has 0 unspecified atom stereocenters. The first-order chi connectivity index (χ1) is 18.1. The van der Waals surface area contributed by atoms with Gasteiger partial charge in [0, 0.05) is 61.1 Å². The van der Waals surface area contributed by atoms with Gasteiger partial charge in [0.25, 0.3) is 11.5 Å². The van der Waals surface area contributed by atoms with Gasteiger partial charge in [0.05, 0.1) is 11.9 Å². The first-order valence-electron chi connectivity index (χ1n) is 12.7. The molecule has 0 spiro atoms.